The molecule has 1 N–H and O–H groups in total. The second kappa shape index (κ2) is 11.8. The van der Waals surface area contributed by atoms with Gasteiger partial charge >= 0.3 is 0 Å². The van der Waals surface area contributed by atoms with E-state index in [2.05, 4.69) is 5.32 Å². The molecule has 2 aromatic carbocycles. The van der Waals surface area contributed by atoms with Crippen molar-refractivity contribution in [2.75, 3.05) is 5.75 Å². The standard InChI is InChI=1S/C24H30Cl2N2O2S/c1-5-21(23(30)27-24(2,3)4)28(14-18-19(25)12-9-13-20(18)26)22(29)16-31-15-17-10-7-6-8-11-17/h6-13,21H,5,14-16H2,1-4H3,(H,27,30)/t21-/m1/s1. The first-order chi connectivity index (χ1) is 14.6. The lowest BCUT2D eigenvalue weighted by Crippen LogP contribution is -2.53. The van der Waals surface area contributed by atoms with Crippen LogP contribution in [-0.2, 0) is 21.9 Å². The number of carbonyl (C=O) groups excluding carboxylic acids is 2. The van der Waals surface area contributed by atoms with Crippen LogP contribution in [0.4, 0.5) is 0 Å². The highest BCUT2D eigenvalue weighted by Gasteiger charge is 2.31. The lowest BCUT2D eigenvalue weighted by molar-refractivity contribution is -0.140. The van der Waals surface area contributed by atoms with E-state index in [1.165, 1.54) is 11.8 Å². The largest absolute Gasteiger partial charge is 0.350 e. The lowest BCUT2D eigenvalue weighted by atomic mass is 10.1. The van der Waals surface area contributed by atoms with Gasteiger partial charge in [0.25, 0.3) is 0 Å². The first-order valence-electron chi connectivity index (χ1n) is 10.3. The molecule has 0 fully saturated rings. The molecule has 0 saturated carbocycles. The van der Waals surface area contributed by atoms with Crippen LogP contribution in [0.3, 0.4) is 0 Å². The van der Waals surface area contributed by atoms with Gasteiger partial charge in [0.1, 0.15) is 6.04 Å². The average Bonchev–Trinajstić information content (AvgIpc) is 2.69. The Kier molecular flexibility index (Phi) is 9.73. The van der Waals surface area contributed by atoms with E-state index in [-0.39, 0.29) is 24.1 Å². The molecule has 0 aromatic heterocycles. The zero-order chi connectivity index (χ0) is 23.0. The molecule has 4 nitrogen and oxygen atoms in total. The van der Waals surface area contributed by atoms with E-state index in [9.17, 15) is 9.59 Å². The summed E-state index contributed by atoms with van der Waals surface area (Å²) in [5.74, 6) is 0.682. The third-order valence-corrected chi connectivity index (χ3v) is 6.31. The summed E-state index contributed by atoms with van der Waals surface area (Å²) >= 11 is 14.3. The van der Waals surface area contributed by atoms with Gasteiger partial charge in [-0.2, -0.15) is 0 Å². The van der Waals surface area contributed by atoms with E-state index >= 15 is 0 Å². The van der Waals surface area contributed by atoms with E-state index in [1.807, 2.05) is 58.0 Å². The zero-order valence-corrected chi connectivity index (χ0v) is 20.8. The van der Waals surface area contributed by atoms with Gasteiger partial charge in [-0.15, -0.1) is 11.8 Å². The predicted molar refractivity (Wildman–Crippen MR) is 132 cm³/mol. The van der Waals surface area contributed by atoms with Gasteiger partial charge in [0.15, 0.2) is 0 Å². The van der Waals surface area contributed by atoms with Gasteiger partial charge < -0.3 is 10.2 Å². The van der Waals surface area contributed by atoms with Gasteiger partial charge in [-0.1, -0.05) is 66.5 Å². The second-order valence-corrected chi connectivity index (χ2v) is 10.2. The molecule has 2 amide bonds. The number of hydrogen-bond acceptors (Lipinski definition) is 3. The number of rotatable bonds is 9. The number of hydrogen-bond donors (Lipinski definition) is 1. The number of amides is 2. The van der Waals surface area contributed by atoms with Crippen molar-refractivity contribution in [2.24, 2.45) is 0 Å². The van der Waals surface area contributed by atoms with E-state index in [4.69, 9.17) is 23.2 Å². The summed E-state index contributed by atoms with van der Waals surface area (Å²) in [5, 5.41) is 3.96. The van der Waals surface area contributed by atoms with Crippen LogP contribution in [0.5, 0.6) is 0 Å². The van der Waals surface area contributed by atoms with Crippen molar-refractivity contribution in [3.05, 3.63) is 69.7 Å². The van der Waals surface area contributed by atoms with Crippen LogP contribution in [0.2, 0.25) is 10.0 Å². The topological polar surface area (TPSA) is 49.4 Å². The average molecular weight is 481 g/mol. The summed E-state index contributed by atoms with van der Waals surface area (Å²) in [5.41, 5.74) is 1.40. The SMILES string of the molecule is CC[C@H](C(=O)NC(C)(C)C)N(Cc1c(Cl)cccc1Cl)C(=O)CSCc1ccccc1. The van der Waals surface area contributed by atoms with Crippen LogP contribution < -0.4 is 5.32 Å². The molecule has 31 heavy (non-hydrogen) atoms. The summed E-state index contributed by atoms with van der Waals surface area (Å²) in [4.78, 5) is 27.9. The third-order valence-electron chi connectivity index (χ3n) is 4.61. The van der Waals surface area contributed by atoms with Crippen molar-refractivity contribution in [3.63, 3.8) is 0 Å². The Morgan fingerprint density at radius 3 is 2.19 bits per heavy atom. The number of benzene rings is 2. The van der Waals surface area contributed by atoms with Crippen molar-refractivity contribution in [1.29, 1.82) is 0 Å². The van der Waals surface area contributed by atoms with E-state index < -0.39 is 11.6 Å². The number of carbonyl (C=O) groups is 2. The number of nitrogens with zero attached hydrogens (tertiary/aromatic N) is 1. The lowest BCUT2D eigenvalue weighted by Gasteiger charge is -2.33. The molecule has 2 aromatic rings. The Hall–Kier alpha value is -1.69. The third kappa shape index (κ3) is 8.06. The summed E-state index contributed by atoms with van der Waals surface area (Å²) in [6.07, 6.45) is 0.485. The van der Waals surface area contributed by atoms with Crippen molar-refractivity contribution in [1.82, 2.24) is 10.2 Å². The second-order valence-electron chi connectivity index (χ2n) is 8.36. The number of thioether (sulfide) groups is 1. The van der Waals surface area contributed by atoms with Gasteiger partial charge in [0.2, 0.25) is 11.8 Å². The molecule has 1 atom stereocenters. The highest BCUT2D eigenvalue weighted by atomic mass is 35.5. The molecule has 0 aliphatic rings. The van der Waals surface area contributed by atoms with Crippen LogP contribution in [-0.4, -0.2) is 34.0 Å². The van der Waals surface area contributed by atoms with Crippen molar-refractivity contribution >= 4 is 46.8 Å². The molecular formula is C24H30Cl2N2O2S. The van der Waals surface area contributed by atoms with Crippen molar-refractivity contribution in [3.8, 4) is 0 Å². The molecule has 0 aliphatic carbocycles. The maximum absolute atomic E-state index is 13.3. The molecule has 0 aliphatic heterocycles. The Labute approximate surface area is 199 Å². The molecular weight excluding hydrogens is 451 g/mol. The molecule has 0 saturated heterocycles. The maximum Gasteiger partial charge on any atom is 0.243 e. The van der Waals surface area contributed by atoms with Gasteiger partial charge in [-0.05, 0) is 44.9 Å². The van der Waals surface area contributed by atoms with Gasteiger partial charge in [0, 0.05) is 33.4 Å². The van der Waals surface area contributed by atoms with Crippen LogP contribution in [0.15, 0.2) is 48.5 Å². The molecule has 2 rings (SSSR count). The first-order valence-corrected chi connectivity index (χ1v) is 12.2. The quantitative estimate of drug-likeness (QED) is 0.482. The van der Waals surface area contributed by atoms with Crippen molar-refractivity contribution < 1.29 is 9.59 Å². The minimum absolute atomic E-state index is 0.118. The Morgan fingerprint density at radius 2 is 1.65 bits per heavy atom. The summed E-state index contributed by atoms with van der Waals surface area (Å²) in [6, 6.07) is 14.6. The monoisotopic (exact) mass is 480 g/mol. The van der Waals surface area contributed by atoms with Gasteiger partial charge in [0.05, 0.1) is 5.75 Å². The molecule has 0 spiro atoms. The highest BCUT2D eigenvalue weighted by Crippen LogP contribution is 2.27. The minimum atomic E-state index is -0.614. The predicted octanol–water partition coefficient (Wildman–Crippen LogP) is 5.95. The van der Waals surface area contributed by atoms with E-state index in [0.29, 0.717) is 22.0 Å². The van der Waals surface area contributed by atoms with E-state index in [1.54, 1.807) is 23.1 Å². The fraction of sp³-hybridized carbons (Fsp3) is 0.417. The Morgan fingerprint density at radius 1 is 1.03 bits per heavy atom. The molecule has 0 unspecified atom stereocenters. The Balaban J connectivity index is 2.23. The number of halogens is 2. The first kappa shape index (κ1) is 25.6. The maximum atomic E-state index is 13.3. The number of nitrogens with one attached hydrogen (secondary N) is 1. The fourth-order valence-corrected chi connectivity index (χ4v) is 4.53. The van der Waals surface area contributed by atoms with E-state index in [0.717, 1.165) is 11.3 Å². The minimum Gasteiger partial charge on any atom is -0.350 e. The fourth-order valence-electron chi connectivity index (χ4n) is 3.14. The molecule has 168 valence electrons. The van der Waals surface area contributed by atoms with Gasteiger partial charge in [-0.3, -0.25) is 9.59 Å². The van der Waals surface area contributed by atoms with Gasteiger partial charge in [-0.25, -0.2) is 0 Å². The Bertz CT molecular complexity index is 865. The van der Waals surface area contributed by atoms with Crippen LogP contribution in [0.25, 0.3) is 0 Å². The highest BCUT2D eigenvalue weighted by molar-refractivity contribution is 7.99. The zero-order valence-electron chi connectivity index (χ0n) is 18.5. The van der Waals surface area contributed by atoms with Crippen LogP contribution in [0.1, 0.15) is 45.2 Å². The molecule has 0 bridgehead atoms. The molecule has 0 radical (unpaired) electrons. The molecule has 0 heterocycles. The molecule has 7 heteroatoms. The summed E-state index contributed by atoms with van der Waals surface area (Å²) in [7, 11) is 0. The van der Waals surface area contributed by atoms with Crippen LogP contribution >= 0.6 is 35.0 Å². The summed E-state index contributed by atoms with van der Waals surface area (Å²) in [6.45, 7) is 7.84. The van der Waals surface area contributed by atoms with Crippen molar-refractivity contribution in [2.45, 2.75) is 58.0 Å². The smallest absolute Gasteiger partial charge is 0.243 e. The van der Waals surface area contributed by atoms with Crippen LogP contribution in [0, 0.1) is 0 Å². The normalized spacial score (nSPS) is 12.3. The summed E-state index contributed by atoms with van der Waals surface area (Å²) < 4.78 is 0.